The van der Waals surface area contributed by atoms with Gasteiger partial charge in [0.1, 0.15) is 0 Å². The number of hydrogen-bond acceptors (Lipinski definition) is 3. The summed E-state index contributed by atoms with van der Waals surface area (Å²) in [6.07, 6.45) is 1.21. The number of rotatable bonds is 3. The SMILES string of the molecule is CC(C)c1cc(-c2ccc(S(C)(=O)=O)cc2)ccc1N. The smallest absolute Gasteiger partial charge is 0.175 e. The Balaban J connectivity index is 2.45. The molecule has 4 heteroatoms. The van der Waals surface area contributed by atoms with Gasteiger partial charge in [-0.05, 0) is 46.9 Å². The molecule has 0 aliphatic carbocycles. The van der Waals surface area contributed by atoms with E-state index in [4.69, 9.17) is 5.73 Å². The molecule has 0 bridgehead atoms. The Morgan fingerprint density at radius 1 is 0.950 bits per heavy atom. The van der Waals surface area contributed by atoms with Gasteiger partial charge < -0.3 is 5.73 Å². The minimum atomic E-state index is -3.15. The fourth-order valence-electron chi connectivity index (χ4n) is 2.15. The second kappa shape index (κ2) is 5.29. The van der Waals surface area contributed by atoms with Crippen LogP contribution in [0.5, 0.6) is 0 Å². The summed E-state index contributed by atoms with van der Waals surface area (Å²) in [4.78, 5) is 0.334. The van der Waals surface area contributed by atoms with Gasteiger partial charge in [0.05, 0.1) is 4.90 Å². The molecule has 0 radical (unpaired) electrons. The number of anilines is 1. The standard InChI is InChI=1S/C16H19NO2S/c1-11(2)15-10-13(6-9-16(15)17)12-4-7-14(8-5-12)20(3,18)19/h4-11H,17H2,1-3H3. The Labute approximate surface area is 120 Å². The zero-order chi connectivity index (χ0) is 14.9. The molecule has 0 amide bonds. The first-order chi connectivity index (χ1) is 9.29. The van der Waals surface area contributed by atoms with Gasteiger partial charge in [-0.1, -0.05) is 32.0 Å². The van der Waals surface area contributed by atoms with Crippen LogP contribution in [0, 0.1) is 0 Å². The monoisotopic (exact) mass is 289 g/mol. The molecule has 3 nitrogen and oxygen atoms in total. The number of sulfone groups is 1. The van der Waals surface area contributed by atoms with Gasteiger partial charge in [0.25, 0.3) is 0 Å². The van der Waals surface area contributed by atoms with E-state index in [1.165, 1.54) is 6.26 Å². The first-order valence-electron chi connectivity index (χ1n) is 6.49. The molecule has 0 saturated heterocycles. The van der Waals surface area contributed by atoms with Crippen LogP contribution in [0.3, 0.4) is 0 Å². The molecule has 0 atom stereocenters. The first-order valence-corrected chi connectivity index (χ1v) is 8.38. The third-order valence-electron chi connectivity index (χ3n) is 3.32. The molecular formula is C16H19NO2S. The van der Waals surface area contributed by atoms with Crippen molar-refractivity contribution in [1.29, 1.82) is 0 Å². The predicted molar refractivity (Wildman–Crippen MR) is 83.5 cm³/mol. The van der Waals surface area contributed by atoms with Crippen molar-refractivity contribution >= 4 is 15.5 Å². The Morgan fingerprint density at radius 2 is 1.50 bits per heavy atom. The van der Waals surface area contributed by atoms with Crippen LogP contribution in [-0.4, -0.2) is 14.7 Å². The molecule has 0 aromatic heterocycles. The minimum absolute atomic E-state index is 0.334. The highest BCUT2D eigenvalue weighted by molar-refractivity contribution is 7.90. The van der Waals surface area contributed by atoms with E-state index >= 15 is 0 Å². The lowest BCUT2D eigenvalue weighted by Gasteiger charge is -2.12. The topological polar surface area (TPSA) is 60.2 Å². The summed E-state index contributed by atoms with van der Waals surface area (Å²) >= 11 is 0. The van der Waals surface area contributed by atoms with Gasteiger partial charge in [-0.15, -0.1) is 0 Å². The van der Waals surface area contributed by atoms with E-state index in [9.17, 15) is 8.42 Å². The van der Waals surface area contributed by atoms with E-state index in [1.807, 2.05) is 24.3 Å². The lowest BCUT2D eigenvalue weighted by molar-refractivity contribution is 0.602. The highest BCUT2D eigenvalue weighted by atomic mass is 32.2. The normalized spacial score (nSPS) is 11.8. The fourth-order valence-corrected chi connectivity index (χ4v) is 2.78. The van der Waals surface area contributed by atoms with E-state index in [0.717, 1.165) is 22.4 Å². The van der Waals surface area contributed by atoms with Crippen molar-refractivity contribution in [2.45, 2.75) is 24.7 Å². The summed E-state index contributed by atoms with van der Waals surface area (Å²) < 4.78 is 22.9. The lowest BCUT2D eigenvalue weighted by atomic mass is 9.96. The zero-order valence-corrected chi connectivity index (χ0v) is 12.7. The molecule has 2 N–H and O–H groups in total. The van der Waals surface area contributed by atoms with Crippen molar-refractivity contribution in [1.82, 2.24) is 0 Å². The molecular weight excluding hydrogens is 270 g/mol. The number of benzene rings is 2. The van der Waals surface area contributed by atoms with Crippen molar-refractivity contribution in [3.63, 3.8) is 0 Å². The fraction of sp³-hybridized carbons (Fsp3) is 0.250. The lowest BCUT2D eigenvalue weighted by Crippen LogP contribution is -1.98. The molecule has 0 aliphatic rings. The van der Waals surface area contributed by atoms with Crippen molar-refractivity contribution in [2.75, 3.05) is 12.0 Å². The van der Waals surface area contributed by atoms with Crippen molar-refractivity contribution in [2.24, 2.45) is 0 Å². The second-order valence-electron chi connectivity index (χ2n) is 5.29. The Morgan fingerprint density at radius 3 is 2.00 bits per heavy atom. The zero-order valence-electron chi connectivity index (χ0n) is 11.9. The highest BCUT2D eigenvalue weighted by Crippen LogP contribution is 2.29. The van der Waals surface area contributed by atoms with Gasteiger partial charge >= 0.3 is 0 Å². The molecule has 0 heterocycles. The minimum Gasteiger partial charge on any atom is -0.398 e. The first kappa shape index (κ1) is 14.6. The van der Waals surface area contributed by atoms with Crippen LogP contribution in [0.2, 0.25) is 0 Å². The maximum atomic E-state index is 11.5. The van der Waals surface area contributed by atoms with Crippen LogP contribution in [0.1, 0.15) is 25.3 Å². The maximum absolute atomic E-state index is 11.5. The Kier molecular flexibility index (Phi) is 3.86. The van der Waals surface area contributed by atoms with Gasteiger partial charge in [0.15, 0.2) is 9.84 Å². The van der Waals surface area contributed by atoms with Crippen LogP contribution < -0.4 is 5.73 Å². The van der Waals surface area contributed by atoms with Crippen molar-refractivity contribution < 1.29 is 8.42 Å². The summed E-state index contributed by atoms with van der Waals surface area (Å²) in [5, 5.41) is 0. The van der Waals surface area contributed by atoms with Gasteiger partial charge in [0, 0.05) is 11.9 Å². The molecule has 2 rings (SSSR count). The molecule has 0 spiro atoms. The van der Waals surface area contributed by atoms with Gasteiger partial charge in [0.2, 0.25) is 0 Å². The largest absolute Gasteiger partial charge is 0.398 e. The third-order valence-corrected chi connectivity index (χ3v) is 4.45. The van der Waals surface area contributed by atoms with Crippen molar-refractivity contribution in [3.05, 3.63) is 48.0 Å². The summed E-state index contributed by atoms with van der Waals surface area (Å²) in [6.45, 7) is 4.20. The maximum Gasteiger partial charge on any atom is 0.175 e. The van der Waals surface area contributed by atoms with Crippen LogP contribution in [0.15, 0.2) is 47.4 Å². The molecule has 0 unspecified atom stereocenters. The highest BCUT2D eigenvalue weighted by Gasteiger charge is 2.09. The summed E-state index contributed by atoms with van der Waals surface area (Å²) in [5.41, 5.74) is 9.89. The molecule has 0 fully saturated rings. The molecule has 0 saturated carbocycles. The van der Waals surface area contributed by atoms with Gasteiger partial charge in [-0.2, -0.15) is 0 Å². The molecule has 2 aromatic carbocycles. The predicted octanol–water partition coefficient (Wildman–Crippen LogP) is 3.46. The van der Waals surface area contributed by atoms with Gasteiger partial charge in [-0.3, -0.25) is 0 Å². The van der Waals surface area contributed by atoms with E-state index in [0.29, 0.717) is 10.8 Å². The second-order valence-corrected chi connectivity index (χ2v) is 7.31. The quantitative estimate of drug-likeness (QED) is 0.880. The summed E-state index contributed by atoms with van der Waals surface area (Å²) in [6, 6.07) is 12.8. The average molecular weight is 289 g/mol. The van der Waals surface area contributed by atoms with Crippen LogP contribution in [0.4, 0.5) is 5.69 Å². The number of nitrogens with two attached hydrogens (primary N) is 1. The van der Waals surface area contributed by atoms with Crippen LogP contribution in [0.25, 0.3) is 11.1 Å². The van der Waals surface area contributed by atoms with E-state index in [1.54, 1.807) is 12.1 Å². The van der Waals surface area contributed by atoms with Crippen molar-refractivity contribution in [3.8, 4) is 11.1 Å². The third kappa shape index (κ3) is 3.02. The molecule has 0 aliphatic heterocycles. The van der Waals surface area contributed by atoms with E-state index in [2.05, 4.69) is 19.9 Å². The van der Waals surface area contributed by atoms with E-state index in [-0.39, 0.29) is 0 Å². The number of hydrogen-bond donors (Lipinski definition) is 1. The summed E-state index contributed by atoms with van der Waals surface area (Å²) in [5.74, 6) is 0.352. The van der Waals surface area contributed by atoms with Crippen LogP contribution >= 0.6 is 0 Å². The average Bonchev–Trinajstić information content (AvgIpc) is 2.38. The molecule has 106 valence electrons. The molecule has 2 aromatic rings. The Bertz CT molecular complexity index is 717. The van der Waals surface area contributed by atoms with E-state index < -0.39 is 9.84 Å². The number of nitrogen functional groups attached to an aromatic ring is 1. The summed E-state index contributed by atoms with van der Waals surface area (Å²) in [7, 11) is -3.15. The Hall–Kier alpha value is -1.81. The van der Waals surface area contributed by atoms with Crippen LogP contribution in [-0.2, 0) is 9.84 Å². The molecule has 20 heavy (non-hydrogen) atoms. The van der Waals surface area contributed by atoms with Gasteiger partial charge in [-0.25, -0.2) is 8.42 Å².